The second kappa shape index (κ2) is 5.45. The number of aromatic nitrogens is 1. The molecule has 0 amide bonds. The van der Waals surface area contributed by atoms with Crippen LogP contribution in [0.4, 0.5) is 5.13 Å². The largest absolute Gasteiger partial charge is 0.481 e. The lowest BCUT2D eigenvalue weighted by atomic mass is 10.4. The third-order valence-corrected chi connectivity index (χ3v) is 6.02. The monoisotopic (exact) mass is 338 g/mol. The average Bonchev–Trinajstić information content (AvgIpc) is 2.87. The molecule has 0 aliphatic rings. The van der Waals surface area contributed by atoms with E-state index < -0.39 is 16.0 Å². The SMILES string of the molecule is O=C(O)Cc1cnc(NS(=O)(=O)c2ccc(Cl)s2)s1. The summed E-state index contributed by atoms with van der Waals surface area (Å²) in [5, 5.41) is 8.74. The molecule has 0 atom stereocenters. The number of sulfonamides is 1. The average molecular weight is 339 g/mol. The number of thiazole rings is 1. The molecule has 2 heterocycles. The summed E-state index contributed by atoms with van der Waals surface area (Å²) in [6.45, 7) is 0. The van der Waals surface area contributed by atoms with Gasteiger partial charge in [-0.1, -0.05) is 11.6 Å². The number of aliphatic carboxylic acids is 1. The molecule has 2 aromatic rings. The molecule has 0 aliphatic carbocycles. The molecule has 0 unspecified atom stereocenters. The molecule has 19 heavy (non-hydrogen) atoms. The Bertz CT molecular complexity index is 707. The van der Waals surface area contributed by atoms with Crippen LogP contribution in [-0.2, 0) is 21.2 Å². The highest BCUT2D eigenvalue weighted by molar-refractivity contribution is 7.94. The fourth-order valence-corrected chi connectivity index (χ4v) is 4.72. The van der Waals surface area contributed by atoms with Gasteiger partial charge in [0.1, 0.15) is 4.21 Å². The Labute approximate surface area is 121 Å². The van der Waals surface area contributed by atoms with Crippen LogP contribution in [0.25, 0.3) is 0 Å². The predicted octanol–water partition coefficient (Wildman–Crippen LogP) is 2.29. The molecule has 10 heteroatoms. The molecule has 0 aromatic carbocycles. The molecule has 0 radical (unpaired) electrons. The molecule has 0 fully saturated rings. The minimum Gasteiger partial charge on any atom is -0.481 e. The molecule has 0 spiro atoms. The van der Waals surface area contributed by atoms with Gasteiger partial charge < -0.3 is 5.11 Å². The molecule has 0 saturated heterocycles. The van der Waals surface area contributed by atoms with E-state index in [1.54, 1.807) is 0 Å². The van der Waals surface area contributed by atoms with Gasteiger partial charge in [0.15, 0.2) is 5.13 Å². The smallest absolute Gasteiger partial charge is 0.308 e. The van der Waals surface area contributed by atoms with Crippen LogP contribution in [0.2, 0.25) is 4.34 Å². The maximum Gasteiger partial charge on any atom is 0.308 e. The lowest BCUT2D eigenvalue weighted by Crippen LogP contribution is -2.10. The van der Waals surface area contributed by atoms with Gasteiger partial charge in [-0.25, -0.2) is 13.4 Å². The van der Waals surface area contributed by atoms with E-state index in [4.69, 9.17) is 16.7 Å². The maximum absolute atomic E-state index is 11.9. The first-order valence-corrected chi connectivity index (χ1v) is 8.31. The van der Waals surface area contributed by atoms with E-state index >= 15 is 0 Å². The zero-order valence-corrected chi connectivity index (χ0v) is 12.4. The van der Waals surface area contributed by atoms with Crippen molar-refractivity contribution < 1.29 is 18.3 Å². The van der Waals surface area contributed by atoms with Crippen molar-refractivity contribution >= 4 is 55.4 Å². The standard InChI is InChI=1S/C9H7ClN2O4S3/c10-6-1-2-8(18-6)19(15,16)12-9-11-4-5(17-9)3-7(13)14/h1-2,4H,3H2,(H,11,12)(H,13,14). The summed E-state index contributed by atoms with van der Waals surface area (Å²) in [5.41, 5.74) is 0. The number of rotatable bonds is 5. The van der Waals surface area contributed by atoms with Crippen LogP contribution in [0, 0.1) is 0 Å². The van der Waals surface area contributed by atoms with Crippen molar-refractivity contribution in [2.75, 3.05) is 4.72 Å². The summed E-state index contributed by atoms with van der Waals surface area (Å²) in [4.78, 5) is 14.8. The van der Waals surface area contributed by atoms with Gasteiger partial charge in [0, 0.05) is 11.1 Å². The zero-order chi connectivity index (χ0) is 14.0. The van der Waals surface area contributed by atoms with E-state index in [0.29, 0.717) is 9.21 Å². The minimum absolute atomic E-state index is 0.0764. The summed E-state index contributed by atoms with van der Waals surface area (Å²) in [7, 11) is -3.72. The lowest BCUT2D eigenvalue weighted by Gasteiger charge is -2.01. The number of anilines is 1. The second-order valence-corrected chi connectivity index (χ2v) is 8.11. The van der Waals surface area contributed by atoms with Crippen LogP contribution < -0.4 is 4.72 Å². The van der Waals surface area contributed by atoms with Gasteiger partial charge in [0.2, 0.25) is 0 Å². The van der Waals surface area contributed by atoms with Gasteiger partial charge in [-0.2, -0.15) is 0 Å². The lowest BCUT2D eigenvalue weighted by molar-refractivity contribution is -0.136. The highest BCUT2D eigenvalue weighted by Crippen LogP contribution is 2.28. The Morgan fingerprint density at radius 2 is 2.16 bits per heavy atom. The molecule has 2 aromatic heterocycles. The number of hydrogen-bond donors (Lipinski definition) is 2. The molecule has 2 rings (SSSR count). The van der Waals surface area contributed by atoms with Crippen molar-refractivity contribution in [1.82, 2.24) is 4.98 Å². The van der Waals surface area contributed by atoms with Crippen molar-refractivity contribution in [3.63, 3.8) is 0 Å². The summed E-state index contributed by atoms with van der Waals surface area (Å²) in [6, 6.07) is 2.87. The highest BCUT2D eigenvalue weighted by atomic mass is 35.5. The summed E-state index contributed by atoms with van der Waals surface area (Å²) in [5.74, 6) is -0.997. The predicted molar refractivity (Wildman–Crippen MR) is 73.6 cm³/mol. The van der Waals surface area contributed by atoms with Gasteiger partial charge in [0.05, 0.1) is 10.8 Å². The van der Waals surface area contributed by atoms with Crippen LogP contribution in [0.5, 0.6) is 0 Å². The van der Waals surface area contributed by atoms with E-state index in [1.807, 2.05) is 0 Å². The van der Waals surface area contributed by atoms with Crippen molar-refractivity contribution in [2.24, 2.45) is 0 Å². The number of carboxylic acid groups (broad SMARTS) is 1. The molecule has 0 saturated carbocycles. The Hall–Kier alpha value is -1.16. The van der Waals surface area contributed by atoms with Crippen molar-refractivity contribution in [3.8, 4) is 0 Å². The number of halogens is 1. The molecule has 0 aliphatic heterocycles. The Morgan fingerprint density at radius 3 is 2.74 bits per heavy atom. The molecular formula is C9H7ClN2O4S3. The van der Waals surface area contributed by atoms with Gasteiger partial charge in [-0.3, -0.25) is 9.52 Å². The van der Waals surface area contributed by atoms with Gasteiger partial charge in [0.25, 0.3) is 10.0 Å². The third-order valence-electron chi connectivity index (χ3n) is 1.91. The quantitative estimate of drug-likeness (QED) is 0.871. The Morgan fingerprint density at radius 1 is 1.42 bits per heavy atom. The number of hydrogen-bond acceptors (Lipinski definition) is 6. The van der Waals surface area contributed by atoms with Crippen LogP contribution in [0.15, 0.2) is 22.5 Å². The van der Waals surface area contributed by atoms with Crippen molar-refractivity contribution in [2.45, 2.75) is 10.6 Å². The van der Waals surface area contributed by atoms with E-state index in [0.717, 1.165) is 22.7 Å². The Kier molecular flexibility index (Phi) is 4.09. The zero-order valence-electron chi connectivity index (χ0n) is 9.16. The van der Waals surface area contributed by atoms with E-state index in [9.17, 15) is 13.2 Å². The number of thiophene rings is 1. The van der Waals surface area contributed by atoms with Crippen LogP contribution in [0.1, 0.15) is 4.88 Å². The maximum atomic E-state index is 11.9. The highest BCUT2D eigenvalue weighted by Gasteiger charge is 2.18. The van der Waals surface area contributed by atoms with Gasteiger partial charge in [-0.15, -0.1) is 22.7 Å². The van der Waals surface area contributed by atoms with Crippen LogP contribution in [-0.4, -0.2) is 24.5 Å². The topological polar surface area (TPSA) is 96.4 Å². The van der Waals surface area contributed by atoms with Crippen LogP contribution >= 0.6 is 34.3 Å². The number of nitrogens with zero attached hydrogens (tertiary/aromatic N) is 1. The first kappa shape index (κ1) is 14.3. The molecular weight excluding hydrogens is 332 g/mol. The first-order chi connectivity index (χ1) is 8.87. The normalized spacial score (nSPS) is 11.4. The number of carboxylic acids is 1. The van der Waals surface area contributed by atoms with Gasteiger partial charge in [-0.05, 0) is 12.1 Å². The third kappa shape index (κ3) is 3.66. The van der Waals surface area contributed by atoms with Crippen LogP contribution in [0.3, 0.4) is 0 Å². The molecule has 6 nitrogen and oxygen atoms in total. The molecule has 2 N–H and O–H groups in total. The van der Waals surface area contributed by atoms with Gasteiger partial charge >= 0.3 is 5.97 Å². The fraction of sp³-hybridized carbons (Fsp3) is 0.111. The van der Waals surface area contributed by atoms with Crippen molar-refractivity contribution in [1.29, 1.82) is 0 Å². The fourth-order valence-electron chi connectivity index (χ4n) is 1.19. The molecule has 0 bridgehead atoms. The minimum atomic E-state index is -3.72. The summed E-state index contributed by atoms with van der Waals surface area (Å²) in [6.07, 6.45) is 1.14. The van der Waals surface area contributed by atoms with E-state index in [2.05, 4.69) is 9.71 Å². The summed E-state index contributed by atoms with van der Waals surface area (Å²) >= 11 is 7.59. The molecule has 102 valence electrons. The van der Waals surface area contributed by atoms with Crippen molar-refractivity contribution in [3.05, 3.63) is 27.5 Å². The summed E-state index contributed by atoms with van der Waals surface area (Å²) < 4.78 is 26.6. The second-order valence-electron chi connectivity index (χ2n) is 3.37. The first-order valence-electron chi connectivity index (χ1n) is 4.81. The number of nitrogens with one attached hydrogen (secondary N) is 1. The van der Waals surface area contributed by atoms with E-state index in [-0.39, 0.29) is 15.8 Å². The van der Waals surface area contributed by atoms with E-state index in [1.165, 1.54) is 18.3 Å². The Balaban J connectivity index is 2.16. The number of carbonyl (C=O) groups is 1.